The molecule has 28 heavy (non-hydrogen) atoms. The lowest BCUT2D eigenvalue weighted by atomic mass is 10.2. The largest absolute Gasteiger partial charge is 0.435 e. The number of hydrogen-bond donors (Lipinski definition) is 1. The minimum atomic E-state index is -2.96. The molecule has 2 aromatic rings. The molecule has 146 valence electrons. The molecule has 2 amide bonds. The zero-order valence-electron chi connectivity index (χ0n) is 14.5. The molecule has 9 heteroatoms. The van der Waals surface area contributed by atoms with Crippen molar-refractivity contribution in [3.05, 3.63) is 70.9 Å². The van der Waals surface area contributed by atoms with Crippen molar-refractivity contribution in [1.82, 2.24) is 4.90 Å². The molecule has 0 spiro atoms. The molecule has 0 radical (unpaired) electrons. The summed E-state index contributed by atoms with van der Waals surface area (Å²) in [5.74, 6) is -2.93. The number of carbonyl (C=O) groups is 2. The van der Waals surface area contributed by atoms with Crippen LogP contribution in [0.4, 0.5) is 23.2 Å². The van der Waals surface area contributed by atoms with E-state index in [1.165, 1.54) is 31.2 Å². The zero-order valence-corrected chi connectivity index (χ0v) is 14.5. The Morgan fingerprint density at radius 3 is 2.25 bits per heavy atom. The van der Waals surface area contributed by atoms with Crippen LogP contribution in [0, 0.1) is 18.6 Å². The number of anilines is 1. The summed E-state index contributed by atoms with van der Waals surface area (Å²) in [4.78, 5) is 25.5. The monoisotopic (exact) mass is 394 g/mol. The maximum absolute atomic E-state index is 13.6. The smallest absolute Gasteiger partial charge is 0.387 e. The number of amides is 2. The van der Waals surface area contributed by atoms with Crippen LogP contribution >= 0.6 is 0 Å². The van der Waals surface area contributed by atoms with E-state index in [-0.39, 0.29) is 29.2 Å². The third-order valence-corrected chi connectivity index (χ3v) is 4.06. The Morgan fingerprint density at radius 2 is 1.68 bits per heavy atom. The average molecular weight is 394 g/mol. The SMILES string of the molecule is Cc1c(F)cc(NC2=CC(=O)N(Cc3ccc(OC(F)F)cc3)C2=O)cc1F. The van der Waals surface area contributed by atoms with Crippen molar-refractivity contribution in [1.29, 1.82) is 0 Å². The fraction of sp³-hybridized carbons (Fsp3) is 0.158. The van der Waals surface area contributed by atoms with Crippen LogP contribution in [-0.2, 0) is 16.1 Å². The van der Waals surface area contributed by atoms with Crippen molar-refractivity contribution in [3.63, 3.8) is 0 Å². The Bertz CT molecular complexity index is 935. The predicted molar refractivity (Wildman–Crippen MR) is 91.4 cm³/mol. The van der Waals surface area contributed by atoms with Gasteiger partial charge in [-0.15, -0.1) is 0 Å². The summed E-state index contributed by atoms with van der Waals surface area (Å²) in [6, 6.07) is 7.49. The third-order valence-electron chi connectivity index (χ3n) is 4.06. The highest BCUT2D eigenvalue weighted by molar-refractivity contribution is 6.17. The van der Waals surface area contributed by atoms with Crippen LogP contribution < -0.4 is 10.1 Å². The van der Waals surface area contributed by atoms with Gasteiger partial charge in [-0.3, -0.25) is 14.5 Å². The normalized spacial score (nSPS) is 13.9. The fourth-order valence-electron chi connectivity index (χ4n) is 2.58. The highest BCUT2D eigenvalue weighted by Gasteiger charge is 2.31. The molecular weight excluding hydrogens is 380 g/mol. The van der Waals surface area contributed by atoms with Crippen LogP contribution in [-0.4, -0.2) is 23.3 Å². The van der Waals surface area contributed by atoms with E-state index in [1.54, 1.807) is 0 Å². The summed E-state index contributed by atoms with van der Waals surface area (Å²) in [5.41, 5.74) is 0.202. The van der Waals surface area contributed by atoms with E-state index < -0.39 is 30.1 Å². The van der Waals surface area contributed by atoms with Crippen LogP contribution in [0.2, 0.25) is 0 Å². The van der Waals surface area contributed by atoms with Crippen LogP contribution in [0.5, 0.6) is 5.75 Å². The first-order chi connectivity index (χ1) is 13.2. The molecule has 0 aromatic heterocycles. The molecule has 0 atom stereocenters. The number of hydrogen-bond acceptors (Lipinski definition) is 4. The molecule has 1 aliphatic heterocycles. The van der Waals surface area contributed by atoms with Crippen molar-refractivity contribution in [2.45, 2.75) is 20.1 Å². The Labute approximate surface area is 157 Å². The molecule has 1 aliphatic rings. The van der Waals surface area contributed by atoms with Crippen molar-refractivity contribution < 1.29 is 31.9 Å². The number of halogens is 4. The first-order valence-electron chi connectivity index (χ1n) is 8.08. The average Bonchev–Trinajstić information content (AvgIpc) is 2.88. The first kappa shape index (κ1) is 19.4. The second kappa shape index (κ2) is 7.71. The van der Waals surface area contributed by atoms with E-state index in [2.05, 4.69) is 10.1 Å². The van der Waals surface area contributed by atoms with Crippen LogP contribution in [0.15, 0.2) is 48.2 Å². The topological polar surface area (TPSA) is 58.6 Å². The van der Waals surface area contributed by atoms with Crippen LogP contribution in [0.25, 0.3) is 0 Å². The molecule has 0 saturated carbocycles. The second-order valence-corrected chi connectivity index (χ2v) is 6.00. The zero-order chi connectivity index (χ0) is 20.4. The van der Waals surface area contributed by atoms with E-state index in [4.69, 9.17) is 0 Å². The van der Waals surface area contributed by atoms with Crippen molar-refractivity contribution >= 4 is 17.5 Å². The van der Waals surface area contributed by atoms with Gasteiger partial charge in [0.15, 0.2) is 0 Å². The van der Waals surface area contributed by atoms with Gasteiger partial charge in [-0.05, 0) is 36.8 Å². The summed E-state index contributed by atoms with van der Waals surface area (Å²) in [5, 5.41) is 2.54. The predicted octanol–water partition coefficient (Wildman–Crippen LogP) is 3.74. The summed E-state index contributed by atoms with van der Waals surface area (Å²) in [7, 11) is 0. The summed E-state index contributed by atoms with van der Waals surface area (Å²) >= 11 is 0. The molecule has 3 rings (SSSR count). The number of alkyl halides is 2. The van der Waals surface area contributed by atoms with Gasteiger partial charge < -0.3 is 10.1 Å². The maximum Gasteiger partial charge on any atom is 0.387 e. The summed E-state index contributed by atoms with van der Waals surface area (Å²) < 4.78 is 55.8. The Kier molecular flexibility index (Phi) is 5.34. The molecule has 0 bridgehead atoms. The van der Waals surface area contributed by atoms with Gasteiger partial charge in [0.2, 0.25) is 0 Å². The Hall–Kier alpha value is -3.36. The number of carbonyl (C=O) groups excluding carboxylic acids is 2. The van der Waals surface area contributed by atoms with Crippen LogP contribution in [0.3, 0.4) is 0 Å². The van der Waals surface area contributed by atoms with E-state index in [1.807, 2.05) is 0 Å². The molecule has 0 aliphatic carbocycles. The Morgan fingerprint density at radius 1 is 1.07 bits per heavy atom. The third kappa shape index (κ3) is 4.13. The van der Waals surface area contributed by atoms with Gasteiger partial charge >= 0.3 is 6.61 Å². The molecule has 0 saturated heterocycles. The summed E-state index contributed by atoms with van der Waals surface area (Å²) in [6.07, 6.45) is 1.02. The molecule has 5 nitrogen and oxygen atoms in total. The number of nitrogens with zero attached hydrogens (tertiary/aromatic N) is 1. The number of ether oxygens (including phenoxy) is 1. The van der Waals surface area contributed by atoms with E-state index in [9.17, 15) is 27.2 Å². The highest BCUT2D eigenvalue weighted by Crippen LogP contribution is 2.23. The van der Waals surface area contributed by atoms with Crippen LogP contribution in [0.1, 0.15) is 11.1 Å². The molecule has 0 fully saturated rings. The summed E-state index contributed by atoms with van der Waals surface area (Å²) in [6.45, 7) is -1.79. The van der Waals surface area contributed by atoms with Gasteiger partial charge in [0.1, 0.15) is 23.1 Å². The fourth-order valence-corrected chi connectivity index (χ4v) is 2.58. The number of benzene rings is 2. The lowest BCUT2D eigenvalue weighted by Crippen LogP contribution is -2.31. The highest BCUT2D eigenvalue weighted by atomic mass is 19.3. The minimum absolute atomic E-state index is 0.0108. The van der Waals surface area contributed by atoms with Crippen molar-refractivity contribution in [3.8, 4) is 5.75 Å². The van der Waals surface area contributed by atoms with Crippen molar-refractivity contribution in [2.24, 2.45) is 0 Å². The van der Waals surface area contributed by atoms with E-state index in [0.717, 1.165) is 23.1 Å². The number of nitrogens with one attached hydrogen (secondary N) is 1. The minimum Gasteiger partial charge on any atom is -0.435 e. The van der Waals surface area contributed by atoms with E-state index >= 15 is 0 Å². The molecule has 1 N–H and O–H groups in total. The first-order valence-corrected chi connectivity index (χ1v) is 8.08. The van der Waals surface area contributed by atoms with Gasteiger partial charge in [-0.1, -0.05) is 12.1 Å². The second-order valence-electron chi connectivity index (χ2n) is 6.00. The van der Waals surface area contributed by atoms with Gasteiger partial charge in [0, 0.05) is 17.3 Å². The standard InChI is InChI=1S/C19H14F4N2O3/c1-10-14(20)6-12(7-15(10)21)24-16-8-17(26)25(18(16)27)9-11-2-4-13(5-3-11)28-19(22)23/h2-8,19,24H,9H2,1H3. The quantitative estimate of drug-likeness (QED) is 0.599. The number of rotatable bonds is 6. The molecular formula is C19H14F4N2O3. The van der Waals surface area contributed by atoms with Gasteiger partial charge in [-0.25, -0.2) is 8.78 Å². The number of imide groups is 1. The van der Waals surface area contributed by atoms with Crippen molar-refractivity contribution in [2.75, 3.05) is 5.32 Å². The molecule has 0 unspecified atom stereocenters. The maximum atomic E-state index is 13.6. The van der Waals surface area contributed by atoms with Gasteiger partial charge in [0.25, 0.3) is 11.8 Å². The molecule has 2 aromatic carbocycles. The lowest BCUT2D eigenvalue weighted by Gasteiger charge is -2.16. The lowest BCUT2D eigenvalue weighted by molar-refractivity contribution is -0.137. The van der Waals surface area contributed by atoms with Gasteiger partial charge in [0.05, 0.1) is 6.54 Å². The molecule has 1 heterocycles. The Balaban J connectivity index is 1.70. The van der Waals surface area contributed by atoms with Gasteiger partial charge in [-0.2, -0.15) is 8.78 Å². The van der Waals surface area contributed by atoms with E-state index in [0.29, 0.717) is 5.56 Å².